The lowest BCUT2D eigenvalue weighted by molar-refractivity contribution is 0.616. The summed E-state index contributed by atoms with van der Waals surface area (Å²) in [6.07, 6.45) is 2.69. The first-order valence-corrected chi connectivity index (χ1v) is 5.37. The van der Waals surface area contributed by atoms with Gasteiger partial charge in [0.1, 0.15) is 5.82 Å². The van der Waals surface area contributed by atoms with E-state index in [9.17, 15) is 4.39 Å². The van der Waals surface area contributed by atoms with Gasteiger partial charge in [-0.1, -0.05) is 0 Å². The van der Waals surface area contributed by atoms with E-state index in [0.29, 0.717) is 0 Å². The lowest BCUT2D eigenvalue weighted by Gasteiger charge is -2.25. The van der Waals surface area contributed by atoms with Crippen LogP contribution in [0.25, 0.3) is 0 Å². The van der Waals surface area contributed by atoms with Crippen LogP contribution in [0.1, 0.15) is 23.6 Å². The van der Waals surface area contributed by atoms with Gasteiger partial charge in [-0.3, -0.25) is 5.10 Å². The van der Waals surface area contributed by atoms with E-state index in [2.05, 4.69) is 15.5 Å². The van der Waals surface area contributed by atoms with Gasteiger partial charge in [0.15, 0.2) is 0 Å². The summed E-state index contributed by atoms with van der Waals surface area (Å²) in [4.78, 5) is 0. The summed E-state index contributed by atoms with van der Waals surface area (Å²) in [6.45, 7) is 0.905. The van der Waals surface area contributed by atoms with E-state index in [0.717, 1.165) is 29.9 Å². The van der Waals surface area contributed by atoms with Crippen molar-refractivity contribution in [3.63, 3.8) is 0 Å². The van der Waals surface area contributed by atoms with Gasteiger partial charge in [0, 0.05) is 30.0 Å². The molecule has 0 saturated heterocycles. The number of nitrogens with zero attached hydrogens (tertiary/aromatic N) is 1. The molecule has 2 N–H and O–H groups in total. The number of anilines is 1. The van der Waals surface area contributed by atoms with E-state index in [1.807, 2.05) is 6.07 Å². The molecule has 3 rings (SSSR count). The normalized spacial score (nSPS) is 18.9. The largest absolute Gasteiger partial charge is 0.385 e. The van der Waals surface area contributed by atoms with Gasteiger partial charge < -0.3 is 5.32 Å². The van der Waals surface area contributed by atoms with Crippen molar-refractivity contribution in [3.05, 3.63) is 47.5 Å². The monoisotopic (exact) mass is 217 g/mol. The maximum absolute atomic E-state index is 13.3. The standard InChI is InChI=1S/C12H12FN3/c13-8-1-2-11-10(7-8)9(3-5-14-11)12-4-6-15-16-12/h1-2,4,6-7,9,14H,3,5H2,(H,15,16). The number of hydrogen-bond donors (Lipinski definition) is 2. The molecule has 4 heteroatoms. The molecule has 0 amide bonds. The van der Waals surface area contributed by atoms with Gasteiger partial charge in [0.25, 0.3) is 0 Å². The van der Waals surface area contributed by atoms with Crippen LogP contribution in [-0.2, 0) is 0 Å². The van der Waals surface area contributed by atoms with E-state index >= 15 is 0 Å². The Morgan fingerprint density at radius 3 is 3.06 bits per heavy atom. The van der Waals surface area contributed by atoms with Crippen LogP contribution in [0.3, 0.4) is 0 Å². The molecule has 1 unspecified atom stereocenters. The van der Waals surface area contributed by atoms with E-state index < -0.39 is 0 Å². The molecule has 1 atom stereocenters. The molecule has 1 aromatic carbocycles. The topological polar surface area (TPSA) is 40.7 Å². The van der Waals surface area contributed by atoms with Crippen LogP contribution < -0.4 is 5.32 Å². The molecule has 16 heavy (non-hydrogen) atoms. The zero-order chi connectivity index (χ0) is 11.0. The Hall–Kier alpha value is -1.84. The van der Waals surface area contributed by atoms with Crippen LogP contribution in [0.5, 0.6) is 0 Å². The average molecular weight is 217 g/mol. The summed E-state index contributed by atoms with van der Waals surface area (Å²) in [5, 5.41) is 10.2. The first-order valence-electron chi connectivity index (χ1n) is 5.37. The van der Waals surface area contributed by atoms with Gasteiger partial charge in [-0.05, 0) is 36.2 Å². The van der Waals surface area contributed by atoms with Crippen LogP contribution in [0.15, 0.2) is 30.5 Å². The van der Waals surface area contributed by atoms with Crippen molar-refractivity contribution in [2.45, 2.75) is 12.3 Å². The third-order valence-corrected chi connectivity index (χ3v) is 3.04. The molecule has 82 valence electrons. The van der Waals surface area contributed by atoms with Gasteiger partial charge in [0.05, 0.1) is 0 Å². The molecular weight excluding hydrogens is 205 g/mol. The highest BCUT2D eigenvalue weighted by molar-refractivity contribution is 5.56. The Balaban J connectivity index is 2.08. The van der Waals surface area contributed by atoms with Crippen molar-refractivity contribution in [1.29, 1.82) is 0 Å². The molecule has 3 nitrogen and oxygen atoms in total. The summed E-state index contributed by atoms with van der Waals surface area (Å²) >= 11 is 0. The van der Waals surface area contributed by atoms with Gasteiger partial charge >= 0.3 is 0 Å². The summed E-state index contributed by atoms with van der Waals surface area (Å²) < 4.78 is 13.3. The maximum atomic E-state index is 13.3. The van der Waals surface area contributed by atoms with Crippen LogP contribution in [0.2, 0.25) is 0 Å². The molecule has 0 aliphatic carbocycles. The molecule has 2 heterocycles. The number of benzene rings is 1. The fraction of sp³-hybridized carbons (Fsp3) is 0.250. The highest BCUT2D eigenvalue weighted by Crippen LogP contribution is 2.35. The molecule has 1 aromatic heterocycles. The zero-order valence-electron chi connectivity index (χ0n) is 8.70. The molecule has 1 aliphatic heterocycles. The average Bonchev–Trinajstić information content (AvgIpc) is 2.81. The van der Waals surface area contributed by atoms with Gasteiger partial charge in [-0.25, -0.2) is 4.39 Å². The fourth-order valence-electron chi connectivity index (χ4n) is 2.27. The summed E-state index contributed by atoms with van der Waals surface area (Å²) in [7, 11) is 0. The van der Waals surface area contributed by atoms with Crippen molar-refractivity contribution in [3.8, 4) is 0 Å². The molecule has 0 bridgehead atoms. The van der Waals surface area contributed by atoms with E-state index in [-0.39, 0.29) is 11.7 Å². The Labute approximate surface area is 92.7 Å². The predicted octanol–water partition coefficient (Wildman–Crippen LogP) is 2.50. The Kier molecular flexibility index (Phi) is 2.13. The third kappa shape index (κ3) is 1.46. The molecule has 0 fully saturated rings. The lowest BCUT2D eigenvalue weighted by atomic mass is 9.88. The fourth-order valence-corrected chi connectivity index (χ4v) is 2.27. The summed E-state index contributed by atoms with van der Waals surface area (Å²) in [5.74, 6) is 0.0291. The number of aromatic nitrogens is 2. The SMILES string of the molecule is Fc1ccc2c(c1)C(c1ccn[nH]1)CCN2. The summed E-state index contributed by atoms with van der Waals surface area (Å²) in [5.41, 5.74) is 3.08. The van der Waals surface area contributed by atoms with Gasteiger partial charge in [-0.15, -0.1) is 0 Å². The Bertz CT molecular complexity index is 493. The second kappa shape index (κ2) is 3.63. The number of H-pyrrole nitrogens is 1. The first kappa shape index (κ1) is 9.39. The highest BCUT2D eigenvalue weighted by Gasteiger charge is 2.22. The van der Waals surface area contributed by atoms with Crippen molar-refractivity contribution in [1.82, 2.24) is 10.2 Å². The maximum Gasteiger partial charge on any atom is 0.123 e. The summed E-state index contributed by atoms with van der Waals surface area (Å²) in [6, 6.07) is 6.84. The van der Waals surface area contributed by atoms with E-state index in [1.165, 1.54) is 6.07 Å². The number of rotatable bonds is 1. The number of fused-ring (bicyclic) bond motifs is 1. The number of halogens is 1. The predicted molar refractivity (Wildman–Crippen MR) is 59.9 cm³/mol. The molecule has 1 aliphatic rings. The number of aromatic amines is 1. The molecule has 0 spiro atoms. The van der Waals surface area contributed by atoms with Crippen LogP contribution in [0, 0.1) is 5.82 Å². The lowest BCUT2D eigenvalue weighted by Crippen LogP contribution is -2.18. The zero-order valence-corrected chi connectivity index (χ0v) is 8.70. The Morgan fingerprint density at radius 1 is 1.31 bits per heavy atom. The first-order chi connectivity index (χ1) is 7.84. The van der Waals surface area contributed by atoms with Gasteiger partial charge in [0.2, 0.25) is 0 Å². The van der Waals surface area contributed by atoms with Gasteiger partial charge in [-0.2, -0.15) is 5.10 Å². The van der Waals surface area contributed by atoms with Crippen LogP contribution in [0.4, 0.5) is 10.1 Å². The quantitative estimate of drug-likeness (QED) is 0.770. The van der Waals surface area contributed by atoms with Crippen molar-refractivity contribution < 1.29 is 4.39 Å². The van der Waals surface area contributed by atoms with Crippen molar-refractivity contribution in [2.75, 3.05) is 11.9 Å². The van der Waals surface area contributed by atoms with Crippen LogP contribution in [-0.4, -0.2) is 16.7 Å². The number of hydrogen-bond acceptors (Lipinski definition) is 2. The minimum Gasteiger partial charge on any atom is -0.385 e. The molecule has 0 radical (unpaired) electrons. The molecule has 2 aromatic rings. The van der Waals surface area contributed by atoms with Crippen molar-refractivity contribution >= 4 is 5.69 Å². The minimum absolute atomic E-state index is 0.188. The second-order valence-electron chi connectivity index (χ2n) is 4.01. The minimum atomic E-state index is -0.188. The smallest absolute Gasteiger partial charge is 0.123 e. The molecular formula is C12H12FN3. The second-order valence-corrected chi connectivity index (χ2v) is 4.01. The third-order valence-electron chi connectivity index (χ3n) is 3.04. The van der Waals surface area contributed by atoms with Crippen LogP contribution >= 0.6 is 0 Å². The highest BCUT2D eigenvalue weighted by atomic mass is 19.1. The number of nitrogens with one attached hydrogen (secondary N) is 2. The van der Waals surface area contributed by atoms with E-state index in [4.69, 9.17) is 0 Å². The molecule has 0 saturated carbocycles. The Morgan fingerprint density at radius 2 is 2.25 bits per heavy atom. The van der Waals surface area contributed by atoms with Crippen molar-refractivity contribution in [2.24, 2.45) is 0 Å². The van der Waals surface area contributed by atoms with E-state index in [1.54, 1.807) is 18.3 Å².